The Kier molecular flexibility index (Phi) is 10.8. The van der Waals surface area contributed by atoms with Gasteiger partial charge in [0.15, 0.2) is 5.82 Å². The highest BCUT2D eigenvalue weighted by Gasteiger charge is 2.42. The molecule has 0 radical (unpaired) electrons. The quantitative estimate of drug-likeness (QED) is 0.229. The van der Waals surface area contributed by atoms with Gasteiger partial charge in [0.2, 0.25) is 5.91 Å². The van der Waals surface area contributed by atoms with E-state index in [1.165, 1.54) is 18.5 Å². The summed E-state index contributed by atoms with van der Waals surface area (Å²) in [5.41, 5.74) is -0.548. The Balaban J connectivity index is 1.69. The summed E-state index contributed by atoms with van der Waals surface area (Å²) in [4.78, 5) is 52.0. The predicted molar refractivity (Wildman–Crippen MR) is 177 cm³/mol. The van der Waals surface area contributed by atoms with Gasteiger partial charge in [-0.05, 0) is 57.0 Å². The first kappa shape index (κ1) is 35.3. The van der Waals surface area contributed by atoms with Crippen LogP contribution in [0, 0.1) is 17.0 Å². The second-order valence-corrected chi connectivity index (χ2v) is 13.4. The van der Waals surface area contributed by atoms with Crippen molar-refractivity contribution >= 4 is 57.4 Å². The lowest BCUT2D eigenvalue weighted by Gasteiger charge is -2.36. The van der Waals surface area contributed by atoms with E-state index in [0.29, 0.717) is 43.5 Å². The number of amides is 3. The molecule has 2 saturated heterocycles. The molecular formula is C33H40ClF2N7O5. The van der Waals surface area contributed by atoms with Gasteiger partial charge in [0.25, 0.3) is 11.8 Å². The summed E-state index contributed by atoms with van der Waals surface area (Å²) in [5.74, 6) is -3.30. The number of ether oxygens (including phenoxy) is 2. The van der Waals surface area contributed by atoms with Gasteiger partial charge in [-0.3, -0.25) is 14.4 Å². The van der Waals surface area contributed by atoms with E-state index in [1.54, 1.807) is 40.8 Å². The minimum Gasteiger partial charge on any atom is -0.486 e. The molecule has 0 spiro atoms. The number of nitrogens with zero attached hydrogens (tertiary/aromatic N) is 3. The maximum Gasteiger partial charge on any atom is 0.257 e. The monoisotopic (exact) mass is 687 g/mol. The topological polar surface area (TPSA) is 147 Å². The summed E-state index contributed by atoms with van der Waals surface area (Å²) in [6, 6.07) is 2.86. The van der Waals surface area contributed by atoms with Crippen LogP contribution in [0.4, 0.5) is 26.0 Å². The molecule has 4 N–H and O–H groups in total. The first-order chi connectivity index (χ1) is 22.8. The first-order valence-electron chi connectivity index (χ1n) is 15.8. The van der Waals surface area contributed by atoms with Crippen molar-refractivity contribution in [3.05, 3.63) is 47.2 Å². The Morgan fingerprint density at radius 1 is 1.17 bits per heavy atom. The number of carbonyl (C=O) groups is 3. The molecule has 5 rings (SSSR count). The average Bonchev–Trinajstić information content (AvgIpc) is 3.78. The molecule has 15 heteroatoms. The standard InChI is InChI=1S/C33H40ClF2N7O5/c1-17(37-5)30(44)42-28(33(2,3)4)32(46)43(31(45)22-7-6-11-38-22)24-13-19-23(14-25(24)48-18-10-12-47-15-18)39-16-40-29(19)41-21-9-8-20(35)26(34)27(21)36/h8-9,13-14,16-18,22,28,37-38H,6-7,10-12,15H2,1-5H3,(H,42,44)(H,39,40,41)/t17-,18+,22-,28+/m0/s1. The molecule has 0 saturated carbocycles. The molecule has 1 aromatic heterocycles. The van der Waals surface area contributed by atoms with Gasteiger partial charge in [0, 0.05) is 17.9 Å². The van der Waals surface area contributed by atoms with Crippen molar-refractivity contribution in [1.29, 1.82) is 0 Å². The summed E-state index contributed by atoms with van der Waals surface area (Å²) < 4.78 is 40.8. The Bertz CT molecular complexity index is 1690. The maximum atomic E-state index is 15.0. The summed E-state index contributed by atoms with van der Waals surface area (Å²) in [7, 11) is 1.63. The number of hydrogen-bond acceptors (Lipinski definition) is 10. The number of rotatable bonds is 10. The maximum absolute atomic E-state index is 15.0. The van der Waals surface area contributed by atoms with Gasteiger partial charge in [-0.1, -0.05) is 32.4 Å². The molecule has 258 valence electrons. The highest BCUT2D eigenvalue weighted by molar-refractivity contribution is 6.31. The summed E-state index contributed by atoms with van der Waals surface area (Å²) in [6.45, 7) is 8.41. The number of imide groups is 1. The zero-order chi connectivity index (χ0) is 34.7. The van der Waals surface area contributed by atoms with Crippen LogP contribution in [0.2, 0.25) is 5.02 Å². The molecule has 2 fully saturated rings. The van der Waals surface area contributed by atoms with Crippen LogP contribution in [0.5, 0.6) is 5.75 Å². The van der Waals surface area contributed by atoms with Crippen molar-refractivity contribution in [3.63, 3.8) is 0 Å². The molecule has 4 atom stereocenters. The Hall–Kier alpha value is -3.98. The molecule has 2 aliphatic heterocycles. The van der Waals surface area contributed by atoms with E-state index in [2.05, 4.69) is 31.2 Å². The number of nitrogens with one attached hydrogen (secondary N) is 4. The van der Waals surface area contributed by atoms with Crippen LogP contribution in [0.15, 0.2) is 30.6 Å². The van der Waals surface area contributed by atoms with Crippen molar-refractivity contribution in [3.8, 4) is 5.75 Å². The van der Waals surface area contributed by atoms with Gasteiger partial charge in [0.1, 0.15) is 40.9 Å². The molecule has 2 aliphatic rings. The SMILES string of the molecule is CN[C@@H](C)C(=O)N[C@H](C(=O)N(C(=O)[C@@H]1CCCN1)c1cc2c(Nc3ccc(F)c(Cl)c3F)ncnc2cc1O[C@@H]1CCOC1)C(C)(C)C. The Morgan fingerprint density at radius 3 is 2.58 bits per heavy atom. The van der Waals surface area contributed by atoms with Crippen molar-refractivity contribution in [1.82, 2.24) is 25.9 Å². The fourth-order valence-corrected chi connectivity index (χ4v) is 5.71. The van der Waals surface area contributed by atoms with E-state index < -0.39 is 57.9 Å². The second kappa shape index (κ2) is 14.6. The summed E-state index contributed by atoms with van der Waals surface area (Å²) >= 11 is 5.83. The van der Waals surface area contributed by atoms with Crippen LogP contribution >= 0.6 is 11.6 Å². The number of aromatic nitrogens is 2. The van der Waals surface area contributed by atoms with Gasteiger partial charge in [-0.2, -0.15) is 0 Å². The van der Waals surface area contributed by atoms with Crippen LogP contribution in [0.3, 0.4) is 0 Å². The zero-order valence-corrected chi connectivity index (χ0v) is 28.2. The molecule has 0 bridgehead atoms. The number of fused-ring (bicyclic) bond motifs is 1. The number of anilines is 3. The van der Waals surface area contributed by atoms with Crippen LogP contribution in [-0.2, 0) is 19.1 Å². The van der Waals surface area contributed by atoms with Crippen molar-refractivity contribution in [2.24, 2.45) is 5.41 Å². The van der Waals surface area contributed by atoms with E-state index >= 15 is 0 Å². The lowest BCUT2D eigenvalue weighted by molar-refractivity contribution is -0.134. The third kappa shape index (κ3) is 7.51. The van der Waals surface area contributed by atoms with Gasteiger partial charge in [0.05, 0.1) is 42.2 Å². The lowest BCUT2D eigenvalue weighted by Crippen LogP contribution is -2.60. The van der Waals surface area contributed by atoms with Gasteiger partial charge < -0.3 is 30.7 Å². The molecular weight excluding hydrogens is 648 g/mol. The minimum atomic E-state index is -1.13. The molecule has 3 heterocycles. The number of benzene rings is 2. The molecule has 3 aromatic rings. The normalized spacial score (nSPS) is 19.2. The number of carbonyl (C=O) groups excluding carboxylic acids is 3. The largest absolute Gasteiger partial charge is 0.486 e. The number of halogens is 3. The summed E-state index contributed by atoms with van der Waals surface area (Å²) in [6.07, 6.45) is 2.68. The van der Waals surface area contributed by atoms with Gasteiger partial charge in [-0.15, -0.1) is 0 Å². The molecule has 0 aliphatic carbocycles. The lowest BCUT2D eigenvalue weighted by atomic mass is 9.85. The first-order valence-corrected chi connectivity index (χ1v) is 16.2. The van der Waals surface area contributed by atoms with E-state index in [-0.39, 0.29) is 29.0 Å². The third-order valence-corrected chi connectivity index (χ3v) is 8.80. The summed E-state index contributed by atoms with van der Waals surface area (Å²) in [5, 5.41) is 11.3. The number of likely N-dealkylation sites (N-methyl/N-ethyl adjacent to an activating group) is 1. The number of hydrogen-bond donors (Lipinski definition) is 4. The zero-order valence-electron chi connectivity index (χ0n) is 27.5. The highest BCUT2D eigenvalue weighted by Crippen LogP contribution is 2.39. The fraction of sp³-hybridized carbons (Fsp3) is 0.485. The van der Waals surface area contributed by atoms with Crippen LogP contribution in [0.1, 0.15) is 47.0 Å². The smallest absolute Gasteiger partial charge is 0.257 e. The Labute approximate surface area is 282 Å². The van der Waals surface area contributed by atoms with Crippen LogP contribution in [0.25, 0.3) is 10.9 Å². The Morgan fingerprint density at radius 2 is 1.94 bits per heavy atom. The van der Waals surface area contributed by atoms with E-state index in [9.17, 15) is 23.2 Å². The fourth-order valence-electron chi connectivity index (χ4n) is 5.55. The van der Waals surface area contributed by atoms with Crippen molar-refractivity contribution in [2.45, 2.75) is 71.2 Å². The second-order valence-electron chi connectivity index (χ2n) is 13.0. The predicted octanol–water partition coefficient (Wildman–Crippen LogP) is 4.22. The van der Waals surface area contributed by atoms with E-state index in [0.717, 1.165) is 17.4 Å². The van der Waals surface area contributed by atoms with Crippen LogP contribution in [-0.4, -0.2) is 78.7 Å². The van der Waals surface area contributed by atoms with Gasteiger partial charge >= 0.3 is 0 Å². The molecule has 48 heavy (non-hydrogen) atoms. The highest BCUT2D eigenvalue weighted by atomic mass is 35.5. The third-order valence-electron chi connectivity index (χ3n) is 8.45. The molecule has 0 unspecified atom stereocenters. The van der Waals surface area contributed by atoms with Crippen molar-refractivity contribution in [2.75, 3.05) is 37.0 Å². The minimum absolute atomic E-state index is 0.0822. The molecule has 3 amide bonds. The average molecular weight is 688 g/mol. The van der Waals surface area contributed by atoms with E-state index in [1.807, 2.05) is 0 Å². The molecule has 12 nitrogen and oxygen atoms in total. The van der Waals surface area contributed by atoms with E-state index in [4.69, 9.17) is 21.1 Å². The molecule has 2 aromatic carbocycles. The van der Waals surface area contributed by atoms with Gasteiger partial charge in [-0.25, -0.2) is 23.6 Å². The van der Waals surface area contributed by atoms with Crippen LogP contribution < -0.4 is 30.9 Å². The van der Waals surface area contributed by atoms with Crippen molar-refractivity contribution < 1.29 is 32.6 Å².